The minimum Gasteiger partial charge on any atom is -0.344 e. The van der Waals surface area contributed by atoms with Gasteiger partial charge in [-0.2, -0.15) is 0 Å². The summed E-state index contributed by atoms with van der Waals surface area (Å²) < 4.78 is 0. The Hall–Kier alpha value is -0.530. The van der Waals surface area contributed by atoms with E-state index in [0.29, 0.717) is 0 Å². The van der Waals surface area contributed by atoms with Crippen LogP contribution in [-0.2, 0) is 0 Å². The molecule has 2 heteroatoms. The summed E-state index contributed by atoms with van der Waals surface area (Å²) in [5.41, 5.74) is 1.41. The van der Waals surface area contributed by atoms with Crippen LogP contribution < -0.4 is 6.15 Å². The zero-order valence-electron chi connectivity index (χ0n) is 7.26. The molecule has 0 heterocycles. The molecule has 1 fully saturated rings. The summed E-state index contributed by atoms with van der Waals surface area (Å²) in [4.78, 5) is 0. The first-order valence-corrected chi connectivity index (χ1v) is 4.40. The number of rotatable bonds is 1. The number of hydrogen-bond donors (Lipinski definition) is 1. The first-order chi connectivity index (χ1) is 5.27. The second kappa shape index (κ2) is 3.46. The second-order valence-corrected chi connectivity index (χ2v) is 3.81. The molecule has 2 atom stereocenters. The standard InChI is InChI=1S/C10H11Cl.H3N/c1-7-5-10(7)8-3-2-4-9(11)6-8;/h2-4,6-7,10H,5H2,1H3;1H3. The maximum Gasteiger partial charge on any atom is 0.0408 e. The van der Waals surface area contributed by atoms with Crippen LogP contribution in [0.15, 0.2) is 24.3 Å². The predicted molar refractivity (Wildman–Crippen MR) is 53.0 cm³/mol. The van der Waals surface area contributed by atoms with Gasteiger partial charge in [0.25, 0.3) is 0 Å². The van der Waals surface area contributed by atoms with Crippen molar-refractivity contribution in [3.63, 3.8) is 0 Å². The van der Waals surface area contributed by atoms with Crippen molar-refractivity contribution in [3.8, 4) is 0 Å². The fraction of sp³-hybridized carbons (Fsp3) is 0.400. The highest BCUT2D eigenvalue weighted by atomic mass is 35.5. The van der Waals surface area contributed by atoms with Crippen molar-refractivity contribution in [2.75, 3.05) is 0 Å². The van der Waals surface area contributed by atoms with E-state index in [-0.39, 0.29) is 6.15 Å². The summed E-state index contributed by atoms with van der Waals surface area (Å²) in [5.74, 6) is 1.65. The molecule has 12 heavy (non-hydrogen) atoms. The van der Waals surface area contributed by atoms with Crippen molar-refractivity contribution in [1.29, 1.82) is 0 Å². The summed E-state index contributed by atoms with van der Waals surface area (Å²) in [6.07, 6.45) is 1.33. The molecule has 3 N–H and O–H groups in total. The van der Waals surface area contributed by atoms with E-state index in [0.717, 1.165) is 16.9 Å². The summed E-state index contributed by atoms with van der Waals surface area (Å²) in [6.45, 7) is 2.28. The fourth-order valence-electron chi connectivity index (χ4n) is 1.52. The van der Waals surface area contributed by atoms with E-state index in [9.17, 15) is 0 Å². The number of halogens is 1. The summed E-state index contributed by atoms with van der Waals surface area (Å²) in [7, 11) is 0. The first-order valence-electron chi connectivity index (χ1n) is 4.03. The Kier molecular flexibility index (Phi) is 2.76. The lowest BCUT2D eigenvalue weighted by Crippen LogP contribution is -1.79. The van der Waals surface area contributed by atoms with E-state index < -0.39 is 0 Å². The topological polar surface area (TPSA) is 35.0 Å². The van der Waals surface area contributed by atoms with Crippen molar-refractivity contribution >= 4 is 11.6 Å². The van der Waals surface area contributed by atoms with E-state index in [1.54, 1.807) is 0 Å². The lowest BCUT2D eigenvalue weighted by Gasteiger charge is -1.97. The third-order valence-corrected chi connectivity index (χ3v) is 2.62. The van der Waals surface area contributed by atoms with Gasteiger partial charge in [0.2, 0.25) is 0 Å². The van der Waals surface area contributed by atoms with Gasteiger partial charge in [-0.1, -0.05) is 30.7 Å². The Balaban J connectivity index is 0.000000720. The average molecular weight is 184 g/mol. The summed E-state index contributed by atoms with van der Waals surface area (Å²) >= 11 is 5.86. The maximum absolute atomic E-state index is 5.86. The molecule has 2 rings (SSSR count). The van der Waals surface area contributed by atoms with Gasteiger partial charge in [-0.25, -0.2) is 0 Å². The molecule has 1 aromatic carbocycles. The van der Waals surface area contributed by atoms with Crippen molar-refractivity contribution in [3.05, 3.63) is 34.9 Å². The molecule has 1 aromatic rings. The molecule has 0 aromatic heterocycles. The van der Waals surface area contributed by atoms with E-state index in [1.807, 2.05) is 12.1 Å². The number of benzene rings is 1. The largest absolute Gasteiger partial charge is 0.344 e. The molecule has 0 bridgehead atoms. The Morgan fingerprint density at radius 3 is 2.58 bits per heavy atom. The highest BCUT2D eigenvalue weighted by Crippen LogP contribution is 2.47. The van der Waals surface area contributed by atoms with Crippen LogP contribution in [0.2, 0.25) is 5.02 Å². The Labute approximate surface area is 78.3 Å². The van der Waals surface area contributed by atoms with Crippen molar-refractivity contribution < 1.29 is 0 Å². The summed E-state index contributed by atoms with van der Waals surface area (Å²) in [5, 5.41) is 0.863. The molecular formula is C10H14ClN. The minimum atomic E-state index is 0. The van der Waals surface area contributed by atoms with Gasteiger partial charge in [0.05, 0.1) is 0 Å². The zero-order chi connectivity index (χ0) is 7.84. The van der Waals surface area contributed by atoms with Gasteiger partial charge in [0.15, 0.2) is 0 Å². The molecule has 0 amide bonds. The zero-order valence-corrected chi connectivity index (χ0v) is 8.01. The quantitative estimate of drug-likeness (QED) is 0.709. The smallest absolute Gasteiger partial charge is 0.0408 e. The van der Waals surface area contributed by atoms with Crippen molar-refractivity contribution in [2.45, 2.75) is 19.3 Å². The molecule has 2 unspecified atom stereocenters. The van der Waals surface area contributed by atoms with E-state index in [4.69, 9.17) is 11.6 Å². The van der Waals surface area contributed by atoms with Crippen LogP contribution in [0.3, 0.4) is 0 Å². The van der Waals surface area contributed by atoms with Gasteiger partial charge in [-0.3, -0.25) is 0 Å². The molecule has 0 radical (unpaired) electrons. The normalized spacial score (nSPS) is 26.2. The third-order valence-electron chi connectivity index (χ3n) is 2.39. The molecule has 66 valence electrons. The van der Waals surface area contributed by atoms with Gasteiger partial charge in [-0.05, 0) is 36.0 Å². The molecule has 0 saturated heterocycles. The van der Waals surface area contributed by atoms with Crippen LogP contribution >= 0.6 is 11.6 Å². The average Bonchev–Trinajstić information content (AvgIpc) is 2.67. The van der Waals surface area contributed by atoms with Crippen molar-refractivity contribution in [1.82, 2.24) is 6.15 Å². The van der Waals surface area contributed by atoms with Gasteiger partial charge in [0.1, 0.15) is 0 Å². The van der Waals surface area contributed by atoms with Crippen LogP contribution in [0, 0.1) is 5.92 Å². The fourth-order valence-corrected chi connectivity index (χ4v) is 1.72. The SMILES string of the molecule is CC1CC1c1cccc(Cl)c1.N. The molecule has 0 aliphatic heterocycles. The number of hydrogen-bond acceptors (Lipinski definition) is 1. The van der Waals surface area contributed by atoms with Gasteiger partial charge in [-0.15, -0.1) is 0 Å². The molecule has 1 saturated carbocycles. The highest BCUT2D eigenvalue weighted by molar-refractivity contribution is 6.30. The van der Waals surface area contributed by atoms with Crippen LogP contribution in [-0.4, -0.2) is 0 Å². The Bertz CT molecular complexity index is 272. The molecule has 1 aliphatic rings. The third kappa shape index (κ3) is 1.79. The van der Waals surface area contributed by atoms with E-state index in [2.05, 4.69) is 19.1 Å². The van der Waals surface area contributed by atoms with Gasteiger partial charge < -0.3 is 6.15 Å². The Morgan fingerprint density at radius 1 is 1.42 bits per heavy atom. The van der Waals surface area contributed by atoms with Gasteiger partial charge in [0, 0.05) is 5.02 Å². The summed E-state index contributed by atoms with van der Waals surface area (Å²) in [6, 6.07) is 8.20. The molecule has 1 nitrogen and oxygen atoms in total. The lowest BCUT2D eigenvalue weighted by atomic mass is 10.1. The predicted octanol–water partition coefficient (Wildman–Crippen LogP) is 3.63. The highest BCUT2D eigenvalue weighted by Gasteiger charge is 2.33. The minimum absolute atomic E-state index is 0. The van der Waals surface area contributed by atoms with Gasteiger partial charge >= 0.3 is 0 Å². The van der Waals surface area contributed by atoms with Crippen LogP contribution in [0.1, 0.15) is 24.8 Å². The molecule has 1 aliphatic carbocycles. The molecule has 0 spiro atoms. The Morgan fingerprint density at radius 2 is 2.08 bits per heavy atom. The van der Waals surface area contributed by atoms with Crippen molar-refractivity contribution in [2.24, 2.45) is 5.92 Å². The maximum atomic E-state index is 5.86. The van der Waals surface area contributed by atoms with Crippen LogP contribution in [0.25, 0.3) is 0 Å². The first kappa shape index (κ1) is 9.56. The van der Waals surface area contributed by atoms with Crippen LogP contribution in [0.5, 0.6) is 0 Å². The second-order valence-electron chi connectivity index (χ2n) is 3.37. The monoisotopic (exact) mass is 183 g/mol. The van der Waals surface area contributed by atoms with E-state index in [1.165, 1.54) is 12.0 Å². The van der Waals surface area contributed by atoms with E-state index >= 15 is 0 Å². The lowest BCUT2D eigenvalue weighted by molar-refractivity contribution is 0.915. The molecular weight excluding hydrogens is 170 g/mol. The van der Waals surface area contributed by atoms with Crippen LogP contribution in [0.4, 0.5) is 0 Å².